The number of anilines is 1. The van der Waals surface area contributed by atoms with Crippen LogP contribution < -0.4 is 10.3 Å². The molecule has 1 heterocycles. The summed E-state index contributed by atoms with van der Waals surface area (Å²) in [4.78, 5) is 30.8. The van der Waals surface area contributed by atoms with Crippen LogP contribution in [0, 0.1) is 0 Å². The van der Waals surface area contributed by atoms with E-state index in [-0.39, 0.29) is 11.5 Å². The third-order valence-electron chi connectivity index (χ3n) is 3.24. The molecule has 0 atom stereocenters. The minimum absolute atomic E-state index is 0.229. The summed E-state index contributed by atoms with van der Waals surface area (Å²) in [6.45, 7) is 2.13. The first kappa shape index (κ1) is 16.1. The third kappa shape index (κ3) is 3.57. The quantitative estimate of drug-likeness (QED) is 0.547. The molecule has 0 aliphatic carbocycles. The van der Waals surface area contributed by atoms with Gasteiger partial charge in [0, 0.05) is 5.69 Å². The number of fused-ring (bicyclic) bond motifs is 1. The number of para-hydroxylation sites is 1. The molecule has 0 amide bonds. The van der Waals surface area contributed by atoms with Crippen LogP contribution >= 0.6 is 11.9 Å². The van der Waals surface area contributed by atoms with Gasteiger partial charge >= 0.3 is 5.97 Å². The summed E-state index contributed by atoms with van der Waals surface area (Å²) >= 11 is 1.38. The van der Waals surface area contributed by atoms with E-state index in [4.69, 9.17) is 4.74 Å². The van der Waals surface area contributed by atoms with E-state index in [2.05, 4.69) is 14.7 Å². The lowest BCUT2D eigenvalue weighted by atomic mass is 10.2. The van der Waals surface area contributed by atoms with Crippen LogP contribution in [0.2, 0.25) is 0 Å². The zero-order valence-corrected chi connectivity index (χ0v) is 13.7. The molecule has 0 bridgehead atoms. The maximum absolute atomic E-state index is 11.6. The smallest absolute Gasteiger partial charge is 0.338 e. The van der Waals surface area contributed by atoms with Gasteiger partial charge in [0.25, 0.3) is 5.56 Å². The van der Waals surface area contributed by atoms with Crippen LogP contribution in [0.25, 0.3) is 11.0 Å². The molecule has 0 saturated carbocycles. The lowest BCUT2D eigenvalue weighted by Crippen LogP contribution is -2.05. The highest BCUT2D eigenvalue weighted by Crippen LogP contribution is 2.26. The van der Waals surface area contributed by atoms with Gasteiger partial charge in [-0.2, -0.15) is 0 Å². The maximum Gasteiger partial charge on any atom is 0.338 e. The van der Waals surface area contributed by atoms with Crippen molar-refractivity contribution in [3.8, 4) is 0 Å². The molecule has 2 N–H and O–H groups in total. The number of hydrogen-bond donors (Lipinski definition) is 2. The largest absolute Gasteiger partial charge is 0.462 e. The van der Waals surface area contributed by atoms with Crippen molar-refractivity contribution in [1.82, 2.24) is 9.97 Å². The molecule has 0 saturated heterocycles. The molecular formula is C17H15N3O3S. The number of ether oxygens (including phenoxy) is 1. The summed E-state index contributed by atoms with van der Waals surface area (Å²) in [6, 6.07) is 12.6. The Labute approximate surface area is 142 Å². The summed E-state index contributed by atoms with van der Waals surface area (Å²) in [7, 11) is 0. The standard InChI is InChI=1S/C17H15N3O3S/c1-2-23-17(22)11-6-8-12(9-7-11)20-24-14-5-3-4-13-16(14)18-10-15(21)19-13/h3-10,20H,2H2,1H3,(H,19,21). The second-order valence-corrected chi connectivity index (χ2v) is 5.75. The van der Waals surface area contributed by atoms with Crippen molar-refractivity contribution < 1.29 is 9.53 Å². The first-order chi connectivity index (χ1) is 11.7. The minimum Gasteiger partial charge on any atom is -0.462 e. The van der Waals surface area contributed by atoms with E-state index < -0.39 is 0 Å². The van der Waals surface area contributed by atoms with Crippen LogP contribution in [0.1, 0.15) is 17.3 Å². The SMILES string of the molecule is CCOC(=O)c1ccc(NSc2cccc3[nH]c(=O)cnc23)cc1. The van der Waals surface area contributed by atoms with E-state index in [9.17, 15) is 9.59 Å². The summed E-state index contributed by atoms with van der Waals surface area (Å²) < 4.78 is 8.15. The van der Waals surface area contributed by atoms with Crippen LogP contribution in [0.15, 0.2) is 58.4 Å². The highest BCUT2D eigenvalue weighted by molar-refractivity contribution is 8.00. The first-order valence-corrected chi connectivity index (χ1v) is 8.17. The minimum atomic E-state index is -0.334. The molecule has 1 aromatic heterocycles. The Bertz CT molecular complexity index is 922. The number of carbonyl (C=O) groups is 1. The van der Waals surface area contributed by atoms with E-state index >= 15 is 0 Å². The van der Waals surface area contributed by atoms with Gasteiger partial charge in [-0.1, -0.05) is 6.07 Å². The van der Waals surface area contributed by atoms with Gasteiger partial charge in [0.2, 0.25) is 0 Å². The van der Waals surface area contributed by atoms with Crippen LogP contribution in [-0.2, 0) is 4.74 Å². The normalized spacial score (nSPS) is 10.5. The third-order valence-corrected chi connectivity index (χ3v) is 4.13. The molecule has 0 radical (unpaired) electrons. The van der Waals surface area contributed by atoms with Gasteiger partial charge in [-0.15, -0.1) is 0 Å². The number of aromatic amines is 1. The van der Waals surface area contributed by atoms with E-state index in [0.717, 1.165) is 16.1 Å². The Morgan fingerprint density at radius 3 is 2.79 bits per heavy atom. The Kier molecular flexibility index (Phi) is 4.81. The highest BCUT2D eigenvalue weighted by atomic mass is 32.2. The lowest BCUT2D eigenvalue weighted by molar-refractivity contribution is 0.0526. The second-order valence-electron chi connectivity index (χ2n) is 4.90. The van der Waals surface area contributed by atoms with E-state index in [1.165, 1.54) is 18.1 Å². The first-order valence-electron chi connectivity index (χ1n) is 7.35. The van der Waals surface area contributed by atoms with Crippen molar-refractivity contribution in [2.75, 3.05) is 11.3 Å². The number of rotatable bonds is 5. The van der Waals surface area contributed by atoms with Crippen LogP contribution in [0.5, 0.6) is 0 Å². The number of esters is 1. The molecule has 0 spiro atoms. The summed E-state index contributed by atoms with van der Waals surface area (Å²) in [5, 5.41) is 0. The van der Waals surface area contributed by atoms with Crippen molar-refractivity contribution in [3.05, 3.63) is 64.6 Å². The van der Waals surface area contributed by atoms with E-state index in [0.29, 0.717) is 17.7 Å². The lowest BCUT2D eigenvalue weighted by Gasteiger charge is -2.08. The number of nitrogens with one attached hydrogen (secondary N) is 2. The molecule has 0 fully saturated rings. The molecule has 2 aromatic carbocycles. The van der Waals surface area contributed by atoms with Gasteiger partial charge < -0.3 is 14.4 Å². The topological polar surface area (TPSA) is 84.1 Å². The van der Waals surface area contributed by atoms with Crippen molar-refractivity contribution in [1.29, 1.82) is 0 Å². The Balaban J connectivity index is 1.74. The molecule has 0 aliphatic heterocycles. The molecule has 24 heavy (non-hydrogen) atoms. The predicted molar refractivity (Wildman–Crippen MR) is 94.2 cm³/mol. The number of carbonyl (C=O) groups excluding carboxylic acids is 1. The second kappa shape index (κ2) is 7.18. The van der Waals surface area contributed by atoms with Crippen molar-refractivity contribution in [2.24, 2.45) is 0 Å². The Morgan fingerprint density at radius 2 is 2.04 bits per heavy atom. The fourth-order valence-electron chi connectivity index (χ4n) is 2.13. The molecule has 3 rings (SSSR count). The predicted octanol–water partition coefficient (Wildman–Crippen LogP) is 3.22. The average Bonchev–Trinajstić information content (AvgIpc) is 2.60. The molecule has 0 aliphatic rings. The monoisotopic (exact) mass is 341 g/mol. The van der Waals surface area contributed by atoms with Gasteiger partial charge in [-0.25, -0.2) is 9.78 Å². The molecule has 3 aromatic rings. The van der Waals surface area contributed by atoms with Crippen LogP contribution in [0.3, 0.4) is 0 Å². The number of H-pyrrole nitrogens is 1. The zero-order chi connectivity index (χ0) is 16.9. The van der Waals surface area contributed by atoms with Gasteiger partial charge in [-0.3, -0.25) is 4.79 Å². The fraction of sp³-hybridized carbons (Fsp3) is 0.118. The van der Waals surface area contributed by atoms with Crippen LogP contribution in [-0.4, -0.2) is 22.5 Å². The van der Waals surface area contributed by atoms with Crippen molar-refractivity contribution >= 4 is 34.6 Å². The maximum atomic E-state index is 11.6. The van der Waals surface area contributed by atoms with Crippen LogP contribution in [0.4, 0.5) is 5.69 Å². The van der Waals surface area contributed by atoms with E-state index in [1.54, 1.807) is 31.2 Å². The molecular weight excluding hydrogens is 326 g/mol. The van der Waals surface area contributed by atoms with Gasteiger partial charge in [-0.05, 0) is 55.3 Å². The summed E-state index contributed by atoms with van der Waals surface area (Å²) in [5.74, 6) is -0.334. The van der Waals surface area contributed by atoms with Gasteiger partial charge in [0.15, 0.2) is 0 Å². The Morgan fingerprint density at radius 1 is 1.25 bits per heavy atom. The summed E-state index contributed by atoms with van der Waals surface area (Å²) in [5.41, 5.74) is 2.53. The van der Waals surface area contributed by atoms with Crippen molar-refractivity contribution in [2.45, 2.75) is 11.8 Å². The number of benzene rings is 2. The fourth-order valence-corrected chi connectivity index (χ4v) is 2.90. The number of hydrogen-bond acceptors (Lipinski definition) is 6. The number of aromatic nitrogens is 2. The van der Waals surface area contributed by atoms with Gasteiger partial charge in [0.1, 0.15) is 5.52 Å². The summed E-state index contributed by atoms with van der Waals surface area (Å²) in [6.07, 6.45) is 1.26. The molecule has 7 heteroatoms. The van der Waals surface area contributed by atoms with Gasteiger partial charge in [0.05, 0.1) is 28.8 Å². The average molecular weight is 341 g/mol. The molecule has 0 unspecified atom stereocenters. The van der Waals surface area contributed by atoms with Crippen molar-refractivity contribution in [3.63, 3.8) is 0 Å². The van der Waals surface area contributed by atoms with E-state index in [1.807, 2.05) is 18.2 Å². The number of nitrogens with zero attached hydrogens (tertiary/aromatic N) is 1. The molecule has 122 valence electrons. The highest BCUT2D eigenvalue weighted by Gasteiger charge is 2.07. The zero-order valence-electron chi connectivity index (χ0n) is 12.9. The molecule has 6 nitrogen and oxygen atoms in total. The Hall–Kier alpha value is -2.80.